The number of hydrogen-bond donors (Lipinski definition) is 3. The quantitative estimate of drug-likeness (QED) is 0.558. The van der Waals surface area contributed by atoms with Gasteiger partial charge in [0.15, 0.2) is 0 Å². The number of aromatic nitrogens is 1. The molecule has 0 saturated carbocycles. The van der Waals surface area contributed by atoms with Crippen LogP contribution in [0, 0.1) is 10.1 Å². The predicted molar refractivity (Wildman–Crippen MR) is 85.0 cm³/mol. The Morgan fingerprint density at radius 2 is 2.04 bits per heavy atom. The molecule has 1 amide bonds. The van der Waals surface area contributed by atoms with Crippen molar-refractivity contribution in [3.63, 3.8) is 0 Å². The molecule has 1 aromatic carbocycles. The Bertz CT molecular complexity index is 904. The number of non-ortho nitro benzene ring substituents is 1. The number of benzene rings is 1. The Morgan fingerprint density at radius 3 is 2.58 bits per heavy atom. The number of rotatable bonds is 5. The number of nitro benzene ring substituents is 1. The molecule has 0 aliphatic rings. The number of fused-ring (bicyclic) bond motifs is 1. The molecule has 9 heteroatoms. The summed E-state index contributed by atoms with van der Waals surface area (Å²) < 4.78 is 0. The van der Waals surface area contributed by atoms with E-state index in [4.69, 9.17) is 0 Å². The first-order chi connectivity index (χ1) is 11.2. The van der Waals surface area contributed by atoms with Gasteiger partial charge in [0.05, 0.1) is 10.5 Å². The van der Waals surface area contributed by atoms with Crippen LogP contribution in [0.4, 0.5) is 5.69 Å². The van der Waals surface area contributed by atoms with E-state index in [-0.39, 0.29) is 28.6 Å². The van der Waals surface area contributed by atoms with Crippen molar-refractivity contribution in [3.05, 3.63) is 50.3 Å². The van der Waals surface area contributed by atoms with Crippen LogP contribution in [0.3, 0.4) is 0 Å². The maximum absolute atomic E-state index is 12.5. The molecule has 1 unspecified atom stereocenters. The van der Waals surface area contributed by atoms with E-state index in [2.05, 4.69) is 10.3 Å². The zero-order valence-electron chi connectivity index (χ0n) is 13.0. The topological polar surface area (TPSA) is 142 Å². The van der Waals surface area contributed by atoms with Crippen LogP contribution in [-0.4, -0.2) is 32.4 Å². The lowest BCUT2D eigenvalue weighted by Gasteiger charge is -2.24. The van der Waals surface area contributed by atoms with Crippen molar-refractivity contribution < 1.29 is 19.6 Å². The van der Waals surface area contributed by atoms with Gasteiger partial charge in [-0.05, 0) is 19.4 Å². The highest BCUT2D eigenvalue weighted by Gasteiger charge is 2.33. The third-order valence-electron chi connectivity index (χ3n) is 3.85. The molecular formula is C15H15N3O6. The summed E-state index contributed by atoms with van der Waals surface area (Å²) in [5, 5.41) is 22.7. The van der Waals surface area contributed by atoms with Gasteiger partial charge in [0, 0.05) is 29.1 Å². The number of nitrogens with zero attached hydrogens (tertiary/aromatic N) is 1. The van der Waals surface area contributed by atoms with Gasteiger partial charge in [-0.3, -0.25) is 19.7 Å². The minimum atomic E-state index is -1.52. The zero-order chi connectivity index (χ0) is 18.1. The summed E-state index contributed by atoms with van der Waals surface area (Å²) in [7, 11) is 0. The minimum Gasteiger partial charge on any atom is -0.480 e. The lowest BCUT2D eigenvalue weighted by Crippen LogP contribution is -2.51. The number of hydrogen-bond acceptors (Lipinski definition) is 5. The summed E-state index contributed by atoms with van der Waals surface area (Å²) in [6, 6.07) is 4.67. The van der Waals surface area contributed by atoms with Crippen LogP contribution in [0.25, 0.3) is 10.9 Å². The van der Waals surface area contributed by atoms with Gasteiger partial charge in [-0.15, -0.1) is 0 Å². The van der Waals surface area contributed by atoms with Crippen LogP contribution in [0.15, 0.2) is 29.1 Å². The number of aromatic amines is 1. The minimum absolute atomic E-state index is 0.120. The Hall–Kier alpha value is -3.23. The van der Waals surface area contributed by atoms with Crippen molar-refractivity contribution in [1.29, 1.82) is 0 Å². The zero-order valence-corrected chi connectivity index (χ0v) is 13.0. The van der Waals surface area contributed by atoms with Gasteiger partial charge in [0.2, 0.25) is 5.56 Å². The first-order valence-electron chi connectivity index (χ1n) is 7.05. The molecule has 0 aliphatic carbocycles. The third kappa shape index (κ3) is 3.09. The molecule has 24 heavy (non-hydrogen) atoms. The van der Waals surface area contributed by atoms with Crippen molar-refractivity contribution >= 4 is 28.5 Å². The molecule has 1 atom stereocenters. The second kappa shape index (κ2) is 6.11. The number of carbonyl (C=O) groups excluding carboxylic acids is 1. The van der Waals surface area contributed by atoms with Gasteiger partial charge >= 0.3 is 5.97 Å². The van der Waals surface area contributed by atoms with E-state index in [1.165, 1.54) is 19.1 Å². The van der Waals surface area contributed by atoms with Gasteiger partial charge < -0.3 is 15.4 Å². The van der Waals surface area contributed by atoms with Crippen molar-refractivity contribution in [1.82, 2.24) is 10.3 Å². The third-order valence-corrected chi connectivity index (χ3v) is 3.85. The maximum atomic E-state index is 12.5. The van der Waals surface area contributed by atoms with E-state index >= 15 is 0 Å². The van der Waals surface area contributed by atoms with Crippen molar-refractivity contribution in [2.24, 2.45) is 0 Å². The van der Waals surface area contributed by atoms with Crippen LogP contribution in [-0.2, 0) is 4.79 Å². The maximum Gasteiger partial charge on any atom is 0.329 e. The second-order valence-electron chi connectivity index (χ2n) is 5.48. The monoisotopic (exact) mass is 333 g/mol. The van der Waals surface area contributed by atoms with Gasteiger partial charge in [-0.25, -0.2) is 4.79 Å². The highest BCUT2D eigenvalue weighted by molar-refractivity contribution is 6.07. The summed E-state index contributed by atoms with van der Waals surface area (Å²) >= 11 is 0. The average Bonchev–Trinajstić information content (AvgIpc) is 2.52. The number of amides is 1. The molecule has 0 fully saturated rings. The fourth-order valence-electron chi connectivity index (χ4n) is 2.15. The number of carboxylic acid groups (broad SMARTS) is 1. The average molecular weight is 333 g/mol. The summed E-state index contributed by atoms with van der Waals surface area (Å²) in [5.41, 5.74) is -2.23. The van der Waals surface area contributed by atoms with Gasteiger partial charge in [-0.1, -0.05) is 6.92 Å². The van der Waals surface area contributed by atoms with Gasteiger partial charge in [0.1, 0.15) is 5.54 Å². The Labute approximate surface area is 135 Å². The Morgan fingerprint density at radius 1 is 1.38 bits per heavy atom. The summed E-state index contributed by atoms with van der Waals surface area (Å²) in [6.45, 7) is 2.93. The standard InChI is InChI=1S/C15H15N3O6/c1-3-15(2,14(21)22)17-13(20)10-7-12(19)16-11-5-4-8(18(23)24)6-9(10)11/h4-7H,3H2,1-2H3,(H,16,19)(H,17,20)(H,21,22). The first-order valence-corrected chi connectivity index (χ1v) is 7.05. The molecule has 1 heterocycles. The van der Waals surface area contributed by atoms with Crippen molar-refractivity contribution in [3.8, 4) is 0 Å². The molecular weight excluding hydrogens is 318 g/mol. The first kappa shape index (κ1) is 17.1. The van der Waals surface area contributed by atoms with Crippen molar-refractivity contribution in [2.45, 2.75) is 25.8 Å². The van der Waals surface area contributed by atoms with Crippen LogP contribution >= 0.6 is 0 Å². The normalized spacial score (nSPS) is 13.2. The molecule has 0 aliphatic heterocycles. The SMILES string of the molecule is CCC(C)(NC(=O)c1cc(=O)[nH]c2ccc([N+](=O)[O-])cc12)C(=O)O. The smallest absolute Gasteiger partial charge is 0.329 e. The van der Waals surface area contributed by atoms with Gasteiger partial charge in [-0.2, -0.15) is 0 Å². The Kier molecular flexibility index (Phi) is 4.36. The highest BCUT2D eigenvalue weighted by atomic mass is 16.6. The summed E-state index contributed by atoms with van der Waals surface area (Å²) in [5.74, 6) is -2.02. The van der Waals surface area contributed by atoms with E-state index < -0.39 is 27.9 Å². The predicted octanol–water partition coefficient (Wildman–Crippen LogP) is 1.42. The van der Waals surface area contributed by atoms with E-state index in [0.717, 1.165) is 12.1 Å². The van der Waals surface area contributed by atoms with E-state index in [9.17, 15) is 29.6 Å². The molecule has 0 bridgehead atoms. The summed E-state index contributed by atoms with van der Waals surface area (Å²) in [6.07, 6.45) is 0.120. The molecule has 0 spiro atoms. The molecule has 0 saturated heterocycles. The second-order valence-corrected chi connectivity index (χ2v) is 5.48. The number of pyridine rings is 1. The Balaban J connectivity index is 2.60. The largest absolute Gasteiger partial charge is 0.480 e. The van der Waals surface area contributed by atoms with Crippen LogP contribution in [0.1, 0.15) is 30.6 Å². The number of nitro groups is 1. The molecule has 0 radical (unpaired) electrons. The van der Waals surface area contributed by atoms with Crippen LogP contribution < -0.4 is 10.9 Å². The molecule has 126 valence electrons. The molecule has 3 N–H and O–H groups in total. The molecule has 2 rings (SSSR count). The van der Waals surface area contributed by atoms with Crippen LogP contribution in [0.2, 0.25) is 0 Å². The number of carboxylic acids is 1. The fourth-order valence-corrected chi connectivity index (χ4v) is 2.15. The molecule has 1 aromatic heterocycles. The number of aliphatic carboxylic acids is 1. The number of carbonyl (C=O) groups is 2. The van der Waals surface area contributed by atoms with Gasteiger partial charge in [0.25, 0.3) is 11.6 Å². The fraction of sp³-hybridized carbons (Fsp3) is 0.267. The lowest BCUT2D eigenvalue weighted by atomic mass is 9.98. The number of nitrogens with one attached hydrogen (secondary N) is 2. The highest BCUT2D eigenvalue weighted by Crippen LogP contribution is 2.22. The molecule has 2 aromatic rings. The number of H-pyrrole nitrogens is 1. The van der Waals surface area contributed by atoms with Crippen LogP contribution in [0.5, 0.6) is 0 Å². The van der Waals surface area contributed by atoms with E-state index in [0.29, 0.717) is 0 Å². The summed E-state index contributed by atoms with van der Waals surface area (Å²) in [4.78, 5) is 48.3. The van der Waals surface area contributed by atoms with Crippen molar-refractivity contribution in [2.75, 3.05) is 0 Å². The lowest BCUT2D eigenvalue weighted by molar-refractivity contribution is -0.384. The van der Waals surface area contributed by atoms with E-state index in [1.54, 1.807) is 6.92 Å². The van der Waals surface area contributed by atoms with E-state index in [1.807, 2.05) is 0 Å². The molecule has 9 nitrogen and oxygen atoms in total.